The standard InChI is InChI=1S/C26H36N2O3/c1-28(2)20-24(19-26(30)31-21-23-16-10-6-11-17-23)27-25(29)18-12-4-3-7-13-22-14-8-5-9-15-22/h5-6,8-11,14-17,24H,3-4,7,12-13,18-21H2,1-2H3,(H,27,29)/t24-/m1/s1. The van der Waals surface area contributed by atoms with Crippen LogP contribution in [-0.2, 0) is 27.4 Å². The number of rotatable bonds is 14. The van der Waals surface area contributed by atoms with Gasteiger partial charge >= 0.3 is 5.97 Å². The molecular formula is C26H36N2O3. The summed E-state index contributed by atoms with van der Waals surface area (Å²) in [6.45, 7) is 0.856. The monoisotopic (exact) mass is 424 g/mol. The lowest BCUT2D eigenvalue weighted by atomic mass is 10.1. The maximum absolute atomic E-state index is 12.4. The number of nitrogens with zero attached hydrogens (tertiary/aromatic N) is 1. The van der Waals surface area contributed by atoms with Crippen LogP contribution in [0.4, 0.5) is 0 Å². The minimum atomic E-state index is -0.295. The number of nitrogens with one attached hydrogen (secondary N) is 1. The molecule has 0 unspecified atom stereocenters. The number of unbranched alkanes of at least 4 members (excludes halogenated alkanes) is 3. The molecule has 2 aromatic carbocycles. The van der Waals surface area contributed by atoms with Gasteiger partial charge in [-0.3, -0.25) is 9.59 Å². The fourth-order valence-corrected chi connectivity index (χ4v) is 3.51. The summed E-state index contributed by atoms with van der Waals surface area (Å²) in [5.41, 5.74) is 2.32. The molecule has 2 rings (SSSR count). The molecule has 0 bridgehead atoms. The van der Waals surface area contributed by atoms with Crippen LogP contribution < -0.4 is 5.32 Å². The predicted octanol–water partition coefficient (Wildman–Crippen LogP) is 4.36. The number of amides is 1. The lowest BCUT2D eigenvalue weighted by Gasteiger charge is -2.22. The van der Waals surface area contributed by atoms with Crippen LogP contribution in [0.2, 0.25) is 0 Å². The molecule has 5 nitrogen and oxygen atoms in total. The maximum Gasteiger partial charge on any atom is 0.308 e. The first-order chi connectivity index (χ1) is 15.0. The van der Waals surface area contributed by atoms with Crippen molar-refractivity contribution in [2.45, 2.75) is 57.6 Å². The quantitative estimate of drug-likeness (QED) is 0.362. The van der Waals surface area contributed by atoms with Crippen molar-refractivity contribution in [1.82, 2.24) is 10.2 Å². The van der Waals surface area contributed by atoms with Crippen molar-refractivity contribution in [1.29, 1.82) is 0 Å². The molecule has 2 aromatic rings. The Balaban J connectivity index is 1.64. The van der Waals surface area contributed by atoms with Crippen molar-refractivity contribution in [2.75, 3.05) is 20.6 Å². The second kappa shape index (κ2) is 14.4. The Morgan fingerprint density at radius 1 is 0.871 bits per heavy atom. The molecular weight excluding hydrogens is 388 g/mol. The van der Waals surface area contributed by atoms with Crippen LogP contribution in [0.5, 0.6) is 0 Å². The van der Waals surface area contributed by atoms with Gasteiger partial charge in [0.1, 0.15) is 6.61 Å². The zero-order valence-electron chi connectivity index (χ0n) is 18.9. The molecule has 1 amide bonds. The molecule has 0 spiro atoms. The van der Waals surface area contributed by atoms with Crippen molar-refractivity contribution in [3.05, 3.63) is 71.8 Å². The molecule has 1 atom stereocenters. The first kappa shape index (κ1) is 24.6. The second-order valence-electron chi connectivity index (χ2n) is 8.28. The van der Waals surface area contributed by atoms with E-state index < -0.39 is 0 Å². The number of aryl methyl sites for hydroxylation is 1. The molecule has 168 valence electrons. The third kappa shape index (κ3) is 11.3. The first-order valence-electron chi connectivity index (χ1n) is 11.2. The number of carbonyl (C=O) groups excluding carboxylic acids is 2. The summed E-state index contributed by atoms with van der Waals surface area (Å²) >= 11 is 0. The minimum Gasteiger partial charge on any atom is -0.461 e. The normalized spacial score (nSPS) is 11.8. The smallest absolute Gasteiger partial charge is 0.308 e. The Labute approximate surface area is 186 Å². The van der Waals surface area contributed by atoms with Gasteiger partial charge in [0.05, 0.1) is 12.5 Å². The molecule has 31 heavy (non-hydrogen) atoms. The summed E-state index contributed by atoms with van der Waals surface area (Å²) < 4.78 is 5.37. The highest BCUT2D eigenvalue weighted by atomic mass is 16.5. The van der Waals surface area contributed by atoms with E-state index in [0.29, 0.717) is 13.0 Å². The Bertz CT molecular complexity index is 763. The highest BCUT2D eigenvalue weighted by molar-refractivity contribution is 5.77. The van der Waals surface area contributed by atoms with Crippen LogP contribution in [0.25, 0.3) is 0 Å². The summed E-state index contributed by atoms with van der Waals surface area (Å²) in [5, 5.41) is 3.01. The molecule has 0 aliphatic carbocycles. The van der Waals surface area contributed by atoms with E-state index in [9.17, 15) is 9.59 Å². The molecule has 0 saturated carbocycles. The van der Waals surface area contributed by atoms with Crippen molar-refractivity contribution in [2.24, 2.45) is 0 Å². The first-order valence-corrected chi connectivity index (χ1v) is 11.2. The average Bonchev–Trinajstić information content (AvgIpc) is 2.75. The molecule has 0 radical (unpaired) electrons. The summed E-state index contributed by atoms with van der Waals surface area (Å²) in [5.74, 6) is -0.289. The predicted molar refractivity (Wildman–Crippen MR) is 125 cm³/mol. The largest absolute Gasteiger partial charge is 0.461 e. The SMILES string of the molecule is CN(C)C[C@@H](CC(=O)OCc1ccccc1)NC(=O)CCCCCCc1ccccc1. The van der Waals surface area contributed by atoms with Crippen LogP contribution in [0.15, 0.2) is 60.7 Å². The van der Waals surface area contributed by atoms with Gasteiger partial charge in [0.25, 0.3) is 0 Å². The Kier molecular flexibility index (Phi) is 11.4. The number of hydrogen-bond acceptors (Lipinski definition) is 4. The third-order valence-electron chi connectivity index (χ3n) is 5.07. The molecule has 0 fully saturated rings. The van der Waals surface area contributed by atoms with Gasteiger partial charge in [0.15, 0.2) is 0 Å². The number of hydrogen-bond donors (Lipinski definition) is 1. The molecule has 0 aliphatic heterocycles. The lowest BCUT2D eigenvalue weighted by molar-refractivity contribution is -0.145. The Morgan fingerprint density at radius 2 is 1.48 bits per heavy atom. The van der Waals surface area contributed by atoms with Gasteiger partial charge in [0, 0.05) is 13.0 Å². The summed E-state index contributed by atoms with van der Waals surface area (Å²) in [6, 6.07) is 19.8. The Hall–Kier alpha value is -2.66. The van der Waals surface area contributed by atoms with E-state index in [1.165, 1.54) is 5.56 Å². The highest BCUT2D eigenvalue weighted by Gasteiger charge is 2.18. The van der Waals surface area contributed by atoms with Gasteiger partial charge in [-0.25, -0.2) is 0 Å². The fraction of sp³-hybridized carbons (Fsp3) is 0.462. The fourth-order valence-electron chi connectivity index (χ4n) is 3.51. The molecule has 0 aromatic heterocycles. The van der Waals surface area contributed by atoms with Crippen molar-refractivity contribution in [3.8, 4) is 0 Å². The zero-order valence-corrected chi connectivity index (χ0v) is 18.9. The molecule has 0 heterocycles. The van der Waals surface area contributed by atoms with Gasteiger partial charge in [0.2, 0.25) is 5.91 Å². The number of carbonyl (C=O) groups is 2. The Morgan fingerprint density at radius 3 is 2.13 bits per heavy atom. The number of esters is 1. The van der Waals surface area contributed by atoms with Crippen LogP contribution in [0.1, 0.15) is 49.7 Å². The molecule has 5 heteroatoms. The van der Waals surface area contributed by atoms with Crippen LogP contribution in [0, 0.1) is 0 Å². The molecule has 1 N–H and O–H groups in total. The van der Waals surface area contributed by atoms with E-state index in [4.69, 9.17) is 4.74 Å². The second-order valence-corrected chi connectivity index (χ2v) is 8.28. The van der Waals surface area contributed by atoms with Gasteiger partial charge < -0.3 is 15.0 Å². The summed E-state index contributed by atoms with van der Waals surface area (Å²) in [6.07, 6.45) is 5.92. The van der Waals surface area contributed by atoms with E-state index >= 15 is 0 Å². The highest BCUT2D eigenvalue weighted by Crippen LogP contribution is 2.09. The van der Waals surface area contributed by atoms with E-state index in [1.807, 2.05) is 55.4 Å². The van der Waals surface area contributed by atoms with E-state index in [0.717, 1.165) is 37.7 Å². The molecule has 0 aliphatic rings. The van der Waals surface area contributed by atoms with Crippen LogP contribution in [-0.4, -0.2) is 43.5 Å². The van der Waals surface area contributed by atoms with E-state index in [-0.39, 0.29) is 30.9 Å². The average molecular weight is 425 g/mol. The van der Waals surface area contributed by atoms with Gasteiger partial charge in [-0.2, -0.15) is 0 Å². The third-order valence-corrected chi connectivity index (χ3v) is 5.07. The van der Waals surface area contributed by atoms with Gasteiger partial charge in [-0.1, -0.05) is 73.5 Å². The summed E-state index contributed by atoms with van der Waals surface area (Å²) in [7, 11) is 3.86. The lowest BCUT2D eigenvalue weighted by Crippen LogP contribution is -2.43. The van der Waals surface area contributed by atoms with Crippen LogP contribution in [0.3, 0.4) is 0 Å². The van der Waals surface area contributed by atoms with Crippen LogP contribution >= 0.6 is 0 Å². The minimum absolute atomic E-state index is 0.00534. The zero-order chi connectivity index (χ0) is 22.3. The van der Waals surface area contributed by atoms with E-state index in [1.54, 1.807) is 0 Å². The molecule has 0 saturated heterocycles. The van der Waals surface area contributed by atoms with Crippen molar-refractivity contribution >= 4 is 11.9 Å². The topological polar surface area (TPSA) is 58.6 Å². The van der Waals surface area contributed by atoms with Gasteiger partial charge in [-0.15, -0.1) is 0 Å². The van der Waals surface area contributed by atoms with E-state index in [2.05, 4.69) is 29.6 Å². The number of likely N-dealkylation sites (N-methyl/N-ethyl adjacent to an activating group) is 1. The van der Waals surface area contributed by atoms with Gasteiger partial charge in [-0.05, 0) is 44.5 Å². The summed E-state index contributed by atoms with van der Waals surface area (Å²) in [4.78, 5) is 26.6. The van der Waals surface area contributed by atoms with Crippen molar-refractivity contribution in [3.63, 3.8) is 0 Å². The van der Waals surface area contributed by atoms with Crippen molar-refractivity contribution < 1.29 is 14.3 Å². The number of benzene rings is 2. The maximum atomic E-state index is 12.4. The number of ether oxygens (including phenoxy) is 1.